The number of amides is 2. The number of hydrogen-bond acceptors (Lipinski definition) is 3. The van der Waals surface area contributed by atoms with Gasteiger partial charge in [0.1, 0.15) is 0 Å². The molecule has 2 aliphatic rings. The first-order valence-corrected chi connectivity index (χ1v) is 7.27. The molecule has 1 aliphatic carbocycles. The molecule has 2 atom stereocenters. The quantitative estimate of drug-likeness (QED) is 0.911. The molecule has 1 saturated heterocycles. The highest BCUT2D eigenvalue weighted by molar-refractivity contribution is 5.74. The summed E-state index contributed by atoms with van der Waals surface area (Å²) >= 11 is 0. The Morgan fingerprint density at radius 2 is 2.30 bits per heavy atom. The summed E-state index contributed by atoms with van der Waals surface area (Å²) in [6, 6.07) is 5.86. The molecule has 108 valence electrons. The monoisotopic (exact) mass is 275 g/mol. The first-order valence-electron chi connectivity index (χ1n) is 7.27. The van der Waals surface area contributed by atoms with Gasteiger partial charge in [0.25, 0.3) is 0 Å². The highest BCUT2D eigenvalue weighted by atomic mass is 16.5. The third-order valence-corrected chi connectivity index (χ3v) is 4.00. The number of pyridine rings is 1. The number of carbonyl (C=O) groups is 1. The summed E-state index contributed by atoms with van der Waals surface area (Å²) in [5.41, 5.74) is 0.895. The Labute approximate surface area is 119 Å². The van der Waals surface area contributed by atoms with Crippen molar-refractivity contribution in [2.24, 2.45) is 5.92 Å². The van der Waals surface area contributed by atoms with Crippen molar-refractivity contribution in [2.45, 2.75) is 38.0 Å². The van der Waals surface area contributed by atoms with E-state index in [1.807, 2.05) is 18.2 Å². The molecule has 0 unspecified atom stereocenters. The Kier molecular flexibility index (Phi) is 3.87. The third kappa shape index (κ3) is 3.10. The Bertz CT molecular complexity index is 461. The fourth-order valence-corrected chi connectivity index (χ4v) is 2.73. The summed E-state index contributed by atoms with van der Waals surface area (Å²) < 4.78 is 5.74. The second-order valence-electron chi connectivity index (χ2n) is 5.69. The molecule has 2 heterocycles. The van der Waals surface area contributed by atoms with E-state index >= 15 is 0 Å². The van der Waals surface area contributed by atoms with E-state index < -0.39 is 0 Å². The zero-order valence-corrected chi connectivity index (χ0v) is 11.8. The first kappa shape index (κ1) is 13.4. The van der Waals surface area contributed by atoms with Crippen molar-refractivity contribution in [1.82, 2.24) is 15.2 Å². The van der Waals surface area contributed by atoms with Crippen LogP contribution in [0.1, 0.15) is 25.0 Å². The smallest absolute Gasteiger partial charge is 0.317 e. The Balaban J connectivity index is 1.53. The van der Waals surface area contributed by atoms with Gasteiger partial charge in [0, 0.05) is 19.9 Å². The van der Waals surface area contributed by atoms with E-state index in [1.165, 1.54) is 12.8 Å². The van der Waals surface area contributed by atoms with Gasteiger partial charge in [0.15, 0.2) is 0 Å². The average molecular weight is 275 g/mol. The van der Waals surface area contributed by atoms with Crippen LogP contribution in [0.25, 0.3) is 0 Å². The van der Waals surface area contributed by atoms with Gasteiger partial charge < -0.3 is 15.0 Å². The van der Waals surface area contributed by atoms with Gasteiger partial charge in [-0.1, -0.05) is 6.07 Å². The van der Waals surface area contributed by atoms with Crippen LogP contribution in [0, 0.1) is 5.92 Å². The van der Waals surface area contributed by atoms with E-state index in [-0.39, 0.29) is 18.2 Å². The Morgan fingerprint density at radius 1 is 1.45 bits per heavy atom. The molecule has 5 nitrogen and oxygen atoms in total. The number of hydrogen-bond donors (Lipinski definition) is 1. The van der Waals surface area contributed by atoms with E-state index in [4.69, 9.17) is 4.74 Å². The standard InChI is InChI=1S/C15H21N3O2/c1-18(10-12-4-2-3-8-16-12)15(19)17-13-7-9-20-14(13)11-5-6-11/h2-4,8,11,13-14H,5-7,9-10H2,1H3,(H,17,19)/t13-,14-/m0/s1. The van der Waals surface area contributed by atoms with Crippen molar-refractivity contribution in [2.75, 3.05) is 13.7 Å². The number of nitrogens with zero attached hydrogens (tertiary/aromatic N) is 2. The molecule has 20 heavy (non-hydrogen) atoms. The lowest BCUT2D eigenvalue weighted by Crippen LogP contribution is -2.46. The van der Waals surface area contributed by atoms with E-state index in [1.54, 1.807) is 18.1 Å². The van der Waals surface area contributed by atoms with Crippen LogP contribution in [0.2, 0.25) is 0 Å². The summed E-state index contributed by atoms with van der Waals surface area (Å²) in [5, 5.41) is 3.10. The molecule has 5 heteroatoms. The molecule has 1 N–H and O–H groups in total. The zero-order chi connectivity index (χ0) is 13.9. The van der Waals surface area contributed by atoms with Gasteiger partial charge in [-0.2, -0.15) is 0 Å². The first-order chi connectivity index (χ1) is 9.74. The van der Waals surface area contributed by atoms with Gasteiger partial charge in [-0.05, 0) is 37.3 Å². The summed E-state index contributed by atoms with van der Waals surface area (Å²) in [6.07, 6.45) is 5.36. The zero-order valence-electron chi connectivity index (χ0n) is 11.8. The Morgan fingerprint density at radius 3 is 3.00 bits per heavy atom. The lowest BCUT2D eigenvalue weighted by Gasteiger charge is -2.23. The van der Waals surface area contributed by atoms with Gasteiger partial charge in [0.2, 0.25) is 0 Å². The predicted octanol–water partition coefficient (Wildman–Crippen LogP) is 1.79. The van der Waals surface area contributed by atoms with Gasteiger partial charge in [0.05, 0.1) is 24.4 Å². The maximum atomic E-state index is 12.2. The van der Waals surface area contributed by atoms with Crippen molar-refractivity contribution in [3.05, 3.63) is 30.1 Å². The summed E-state index contributed by atoms with van der Waals surface area (Å²) in [6.45, 7) is 1.28. The van der Waals surface area contributed by atoms with Crippen LogP contribution in [0.5, 0.6) is 0 Å². The highest BCUT2D eigenvalue weighted by Gasteiger charge is 2.41. The minimum absolute atomic E-state index is 0.0446. The van der Waals surface area contributed by atoms with Crippen LogP contribution in [-0.2, 0) is 11.3 Å². The number of aromatic nitrogens is 1. The third-order valence-electron chi connectivity index (χ3n) is 4.00. The van der Waals surface area contributed by atoms with Crippen LogP contribution < -0.4 is 5.32 Å². The number of urea groups is 1. The molecule has 2 amide bonds. The normalized spacial score (nSPS) is 25.4. The van der Waals surface area contributed by atoms with Crippen molar-refractivity contribution in [1.29, 1.82) is 0 Å². The van der Waals surface area contributed by atoms with E-state index in [0.29, 0.717) is 12.5 Å². The molecule has 3 rings (SSSR count). The second kappa shape index (κ2) is 5.79. The maximum absolute atomic E-state index is 12.2. The lowest BCUT2D eigenvalue weighted by atomic mass is 10.1. The highest BCUT2D eigenvalue weighted by Crippen LogP contribution is 2.38. The number of carbonyl (C=O) groups excluding carboxylic acids is 1. The number of nitrogens with one attached hydrogen (secondary N) is 1. The SMILES string of the molecule is CN(Cc1ccccn1)C(=O)N[C@H]1CCO[C@H]1C1CC1. The van der Waals surface area contributed by atoms with Gasteiger partial charge in [-0.3, -0.25) is 4.98 Å². The van der Waals surface area contributed by atoms with E-state index in [0.717, 1.165) is 18.7 Å². The minimum Gasteiger partial charge on any atom is -0.376 e. The molecule has 1 aromatic heterocycles. The Hall–Kier alpha value is -1.62. The molecule has 2 fully saturated rings. The van der Waals surface area contributed by atoms with E-state index in [9.17, 15) is 4.79 Å². The van der Waals surface area contributed by atoms with Crippen molar-refractivity contribution >= 4 is 6.03 Å². The fraction of sp³-hybridized carbons (Fsp3) is 0.600. The molecule has 0 aromatic carbocycles. The van der Waals surface area contributed by atoms with Crippen molar-refractivity contribution < 1.29 is 9.53 Å². The lowest BCUT2D eigenvalue weighted by molar-refractivity contribution is 0.0812. The number of ether oxygens (including phenoxy) is 1. The van der Waals surface area contributed by atoms with Crippen LogP contribution in [0.15, 0.2) is 24.4 Å². The predicted molar refractivity (Wildman–Crippen MR) is 75.1 cm³/mol. The van der Waals surface area contributed by atoms with Crippen LogP contribution in [0.3, 0.4) is 0 Å². The van der Waals surface area contributed by atoms with Gasteiger partial charge in [-0.25, -0.2) is 4.79 Å². The molecule has 1 aromatic rings. The van der Waals surface area contributed by atoms with E-state index in [2.05, 4.69) is 10.3 Å². The molecule has 1 aliphatic heterocycles. The fourth-order valence-electron chi connectivity index (χ4n) is 2.73. The van der Waals surface area contributed by atoms with Crippen molar-refractivity contribution in [3.63, 3.8) is 0 Å². The summed E-state index contributed by atoms with van der Waals surface area (Å²) in [5.74, 6) is 0.656. The summed E-state index contributed by atoms with van der Waals surface area (Å²) in [4.78, 5) is 18.1. The molecule has 1 saturated carbocycles. The number of rotatable bonds is 4. The minimum atomic E-state index is -0.0446. The topological polar surface area (TPSA) is 54.5 Å². The van der Waals surface area contributed by atoms with Gasteiger partial charge >= 0.3 is 6.03 Å². The van der Waals surface area contributed by atoms with Crippen LogP contribution in [0.4, 0.5) is 4.79 Å². The molecular formula is C15H21N3O2. The summed E-state index contributed by atoms with van der Waals surface area (Å²) in [7, 11) is 1.80. The largest absolute Gasteiger partial charge is 0.376 e. The van der Waals surface area contributed by atoms with Crippen molar-refractivity contribution in [3.8, 4) is 0 Å². The van der Waals surface area contributed by atoms with Gasteiger partial charge in [-0.15, -0.1) is 0 Å². The molecule has 0 spiro atoms. The average Bonchev–Trinajstić information content (AvgIpc) is 3.20. The molecule has 0 radical (unpaired) electrons. The second-order valence-corrected chi connectivity index (χ2v) is 5.69. The van der Waals surface area contributed by atoms with Crippen LogP contribution >= 0.6 is 0 Å². The molecule has 0 bridgehead atoms. The molecular weight excluding hydrogens is 254 g/mol. The van der Waals surface area contributed by atoms with Crippen LogP contribution in [-0.4, -0.2) is 41.7 Å². The maximum Gasteiger partial charge on any atom is 0.317 e.